The zero-order valence-corrected chi connectivity index (χ0v) is 17.0. The largest absolute Gasteiger partial charge is 0.348 e. The maximum atomic E-state index is 12.0. The molecule has 1 aliphatic rings. The zero-order chi connectivity index (χ0) is 19.3. The molecule has 3 heterocycles. The molecule has 1 fully saturated rings. The molecule has 2 amide bonds. The van der Waals surface area contributed by atoms with Gasteiger partial charge in [-0.05, 0) is 53.3 Å². The number of fused-ring (bicyclic) bond motifs is 1. The van der Waals surface area contributed by atoms with Crippen molar-refractivity contribution < 1.29 is 9.59 Å². The predicted octanol–water partition coefficient (Wildman–Crippen LogP) is 3.01. The molecular weight excluding hydrogens is 392 g/mol. The minimum atomic E-state index is -0.571. The van der Waals surface area contributed by atoms with E-state index in [0.717, 1.165) is 42.1 Å². The van der Waals surface area contributed by atoms with E-state index in [1.54, 1.807) is 22.7 Å². The second-order valence-electron chi connectivity index (χ2n) is 6.92. The molecule has 2 N–H and O–H groups in total. The Morgan fingerprint density at radius 3 is 2.64 bits per heavy atom. The van der Waals surface area contributed by atoms with Crippen molar-refractivity contribution in [1.29, 1.82) is 0 Å². The summed E-state index contributed by atoms with van der Waals surface area (Å²) in [6, 6.07) is 10.1. The van der Waals surface area contributed by atoms with E-state index in [1.807, 2.05) is 35.0 Å². The van der Waals surface area contributed by atoms with E-state index < -0.39 is 11.8 Å². The number of anilines is 1. The van der Waals surface area contributed by atoms with Crippen LogP contribution in [0.25, 0.3) is 10.2 Å². The second-order valence-corrected chi connectivity index (χ2v) is 8.71. The molecule has 6 nitrogen and oxygen atoms in total. The second kappa shape index (κ2) is 8.70. The molecule has 8 heteroatoms. The highest BCUT2D eigenvalue weighted by Gasteiger charge is 2.23. The summed E-state index contributed by atoms with van der Waals surface area (Å²) in [5, 5.41) is 10.4. The van der Waals surface area contributed by atoms with E-state index in [1.165, 1.54) is 4.70 Å². The first kappa shape index (κ1) is 18.9. The molecule has 1 aliphatic heterocycles. The van der Waals surface area contributed by atoms with Crippen LogP contribution in [0.15, 0.2) is 41.1 Å². The minimum Gasteiger partial charge on any atom is -0.348 e. The maximum Gasteiger partial charge on any atom is 0.309 e. The van der Waals surface area contributed by atoms with Crippen molar-refractivity contribution in [3.05, 3.63) is 46.7 Å². The van der Waals surface area contributed by atoms with Gasteiger partial charge in [0.05, 0.1) is 10.2 Å². The smallest absolute Gasteiger partial charge is 0.309 e. The van der Waals surface area contributed by atoms with Crippen LogP contribution in [0.3, 0.4) is 0 Å². The fourth-order valence-electron chi connectivity index (χ4n) is 3.30. The van der Waals surface area contributed by atoms with Gasteiger partial charge in [0.15, 0.2) is 5.13 Å². The first-order valence-corrected chi connectivity index (χ1v) is 11.1. The minimum absolute atomic E-state index is 0.385. The topological polar surface area (TPSA) is 74.3 Å². The number of carbonyl (C=O) groups excluding carboxylic acids is 2. The maximum absolute atomic E-state index is 12.0. The quantitative estimate of drug-likeness (QED) is 0.630. The van der Waals surface area contributed by atoms with Gasteiger partial charge in [0.1, 0.15) is 0 Å². The number of nitrogens with zero attached hydrogens (tertiary/aromatic N) is 2. The Morgan fingerprint density at radius 1 is 1.11 bits per heavy atom. The van der Waals surface area contributed by atoms with Gasteiger partial charge in [-0.3, -0.25) is 9.59 Å². The monoisotopic (exact) mass is 414 g/mol. The fourth-order valence-corrected chi connectivity index (χ4v) is 4.98. The average Bonchev–Trinajstić information content (AvgIpc) is 3.40. The van der Waals surface area contributed by atoms with Crippen LogP contribution < -0.4 is 15.5 Å². The van der Waals surface area contributed by atoms with Gasteiger partial charge in [0, 0.05) is 26.2 Å². The standard InChI is InChI=1S/C20H22N4O2S2/c25-18(19(26)22-12-15-7-10-27-13-15)21-11-14-5-8-24(9-6-14)20-23-16-3-1-2-4-17(16)28-20/h1-4,7,10,13-14H,5-6,8-9,11-12H2,(H,21,25)(H,22,26). The SMILES string of the molecule is O=C(NCc1ccsc1)C(=O)NCC1CCN(c2nc3ccccc3s2)CC1. The van der Waals surface area contributed by atoms with Crippen molar-refractivity contribution in [3.8, 4) is 0 Å². The molecule has 4 rings (SSSR count). The number of nitrogens with one attached hydrogen (secondary N) is 2. The highest BCUT2D eigenvalue weighted by molar-refractivity contribution is 7.22. The highest BCUT2D eigenvalue weighted by atomic mass is 32.1. The molecule has 0 saturated carbocycles. The van der Waals surface area contributed by atoms with Crippen LogP contribution >= 0.6 is 22.7 Å². The molecule has 146 valence electrons. The molecule has 1 aromatic carbocycles. The molecule has 0 bridgehead atoms. The van der Waals surface area contributed by atoms with E-state index in [2.05, 4.69) is 21.6 Å². The van der Waals surface area contributed by atoms with Gasteiger partial charge < -0.3 is 15.5 Å². The van der Waals surface area contributed by atoms with Gasteiger partial charge >= 0.3 is 11.8 Å². The Labute approximate surface area is 171 Å². The molecule has 0 aliphatic carbocycles. The predicted molar refractivity (Wildman–Crippen MR) is 114 cm³/mol. The molecule has 2 aromatic heterocycles. The van der Waals surface area contributed by atoms with Gasteiger partial charge in [-0.1, -0.05) is 23.5 Å². The number of benzene rings is 1. The molecule has 1 saturated heterocycles. The van der Waals surface area contributed by atoms with E-state index in [0.29, 0.717) is 19.0 Å². The number of carbonyl (C=O) groups is 2. The number of piperidine rings is 1. The first-order chi connectivity index (χ1) is 13.7. The van der Waals surface area contributed by atoms with Crippen molar-refractivity contribution in [2.75, 3.05) is 24.5 Å². The summed E-state index contributed by atoms with van der Waals surface area (Å²) in [5.41, 5.74) is 2.05. The van der Waals surface area contributed by atoms with Crippen LogP contribution in [0.2, 0.25) is 0 Å². The number of aromatic nitrogens is 1. The van der Waals surface area contributed by atoms with Crippen molar-refractivity contribution in [1.82, 2.24) is 15.6 Å². The molecule has 0 unspecified atom stereocenters. The molecule has 0 atom stereocenters. The lowest BCUT2D eigenvalue weighted by Gasteiger charge is -2.31. The molecule has 28 heavy (non-hydrogen) atoms. The van der Waals surface area contributed by atoms with Gasteiger partial charge in [-0.25, -0.2) is 4.98 Å². The van der Waals surface area contributed by atoms with Crippen molar-refractivity contribution in [3.63, 3.8) is 0 Å². The first-order valence-electron chi connectivity index (χ1n) is 9.36. The molecule has 3 aromatic rings. The highest BCUT2D eigenvalue weighted by Crippen LogP contribution is 2.31. The van der Waals surface area contributed by atoms with E-state index in [4.69, 9.17) is 4.98 Å². The summed E-state index contributed by atoms with van der Waals surface area (Å²) < 4.78 is 1.21. The normalized spacial score (nSPS) is 14.9. The third kappa shape index (κ3) is 4.51. The number of thiophene rings is 1. The number of rotatable bonds is 5. The lowest BCUT2D eigenvalue weighted by molar-refractivity contribution is -0.139. The van der Waals surface area contributed by atoms with E-state index in [9.17, 15) is 9.59 Å². The van der Waals surface area contributed by atoms with Crippen LogP contribution in [-0.2, 0) is 16.1 Å². The van der Waals surface area contributed by atoms with Crippen LogP contribution in [0.4, 0.5) is 5.13 Å². The van der Waals surface area contributed by atoms with E-state index in [-0.39, 0.29) is 0 Å². The number of para-hydroxylation sites is 1. The van der Waals surface area contributed by atoms with Crippen molar-refractivity contribution in [2.45, 2.75) is 19.4 Å². The average molecular weight is 415 g/mol. The van der Waals surface area contributed by atoms with Gasteiger partial charge in [-0.15, -0.1) is 0 Å². The Kier molecular flexibility index (Phi) is 5.87. The Bertz CT molecular complexity index is 913. The van der Waals surface area contributed by atoms with Gasteiger partial charge in [0.25, 0.3) is 0 Å². The number of thiazole rings is 1. The summed E-state index contributed by atoms with van der Waals surface area (Å²) >= 11 is 3.29. The Balaban J connectivity index is 1.21. The van der Waals surface area contributed by atoms with Crippen LogP contribution in [0, 0.1) is 5.92 Å². The molecule has 0 radical (unpaired) electrons. The van der Waals surface area contributed by atoms with E-state index >= 15 is 0 Å². The third-order valence-electron chi connectivity index (χ3n) is 4.96. The molecule has 0 spiro atoms. The lowest BCUT2D eigenvalue weighted by Crippen LogP contribution is -2.43. The van der Waals surface area contributed by atoms with Gasteiger partial charge in [-0.2, -0.15) is 11.3 Å². The third-order valence-corrected chi connectivity index (χ3v) is 6.79. The Morgan fingerprint density at radius 2 is 1.89 bits per heavy atom. The zero-order valence-electron chi connectivity index (χ0n) is 15.4. The van der Waals surface area contributed by atoms with Crippen LogP contribution in [-0.4, -0.2) is 36.4 Å². The van der Waals surface area contributed by atoms with Gasteiger partial charge in [0.2, 0.25) is 0 Å². The van der Waals surface area contributed by atoms with Crippen molar-refractivity contribution >= 4 is 49.8 Å². The number of hydrogen-bond acceptors (Lipinski definition) is 6. The van der Waals surface area contributed by atoms with Crippen molar-refractivity contribution in [2.24, 2.45) is 5.92 Å². The summed E-state index contributed by atoms with van der Waals surface area (Å²) in [5.74, 6) is -0.735. The lowest BCUT2D eigenvalue weighted by atomic mass is 9.97. The number of hydrogen-bond donors (Lipinski definition) is 2. The van der Waals surface area contributed by atoms with Crippen LogP contribution in [0.1, 0.15) is 18.4 Å². The summed E-state index contributed by atoms with van der Waals surface area (Å²) in [6.45, 7) is 2.77. The number of amides is 2. The van der Waals surface area contributed by atoms with Crippen LogP contribution in [0.5, 0.6) is 0 Å². The Hall–Kier alpha value is -2.45. The molecular formula is C20H22N4O2S2. The summed E-state index contributed by atoms with van der Waals surface area (Å²) in [7, 11) is 0. The summed E-state index contributed by atoms with van der Waals surface area (Å²) in [4.78, 5) is 30.9. The fraction of sp³-hybridized carbons (Fsp3) is 0.350. The summed E-state index contributed by atoms with van der Waals surface area (Å²) in [6.07, 6.45) is 1.96.